The molecule has 9 nitrogen and oxygen atoms in total. The standard InChI is InChI=1S/C20H19N5O4S/c1-27-7-6-24-5-4-15-14(18(24)26)11-21-19-22-20(23-25(15)19)30-12-13-2-3-16-17(10-13)29-9-8-28-16/h2-5,10-11H,6-9,12H2,1H3. The number of thioether (sulfide) groups is 1. The van der Waals surface area contributed by atoms with Gasteiger partial charge in [0.25, 0.3) is 11.3 Å². The van der Waals surface area contributed by atoms with E-state index in [2.05, 4.69) is 15.1 Å². The molecule has 1 aromatic carbocycles. The van der Waals surface area contributed by atoms with Crippen molar-refractivity contribution >= 4 is 28.4 Å². The lowest BCUT2D eigenvalue weighted by molar-refractivity contribution is 0.171. The van der Waals surface area contributed by atoms with Crippen LogP contribution in [0.25, 0.3) is 16.7 Å². The third-order valence-electron chi connectivity index (χ3n) is 4.80. The third kappa shape index (κ3) is 3.48. The van der Waals surface area contributed by atoms with E-state index in [0.717, 1.165) is 17.1 Å². The molecule has 0 spiro atoms. The Morgan fingerprint density at radius 1 is 1.20 bits per heavy atom. The van der Waals surface area contributed by atoms with Crippen molar-refractivity contribution in [3.63, 3.8) is 0 Å². The predicted molar refractivity (Wildman–Crippen MR) is 111 cm³/mol. The maximum Gasteiger partial charge on any atom is 0.261 e. The van der Waals surface area contributed by atoms with Gasteiger partial charge in [-0.05, 0) is 23.8 Å². The van der Waals surface area contributed by atoms with Crippen LogP contribution in [0.3, 0.4) is 0 Å². The molecule has 3 aromatic heterocycles. The molecule has 154 valence electrons. The van der Waals surface area contributed by atoms with Crippen LogP contribution in [-0.4, -0.2) is 51.1 Å². The van der Waals surface area contributed by atoms with E-state index in [1.54, 1.807) is 28.6 Å². The van der Waals surface area contributed by atoms with Gasteiger partial charge in [-0.25, -0.2) is 4.98 Å². The average molecular weight is 425 g/mol. The topological polar surface area (TPSA) is 92.8 Å². The predicted octanol–water partition coefficient (Wildman–Crippen LogP) is 2.15. The van der Waals surface area contributed by atoms with Gasteiger partial charge in [0.05, 0.1) is 17.5 Å². The van der Waals surface area contributed by atoms with E-state index in [0.29, 0.717) is 54.0 Å². The molecule has 0 radical (unpaired) electrons. The van der Waals surface area contributed by atoms with Crippen LogP contribution in [-0.2, 0) is 17.0 Å². The quantitative estimate of drug-likeness (QED) is 0.434. The van der Waals surface area contributed by atoms with E-state index in [1.807, 2.05) is 24.3 Å². The lowest BCUT2D eigenvalue weighted by Crippen LogP contribution is -2.22. The highest BCUT2D eigenvalue weighted by molar-refractivity contribution is 7.98. The Morgan fingerprint density at radius 2 is 2.07 bits per heavy atom. The molecule has 1 aliphatic heterocycles. The monoisotopic (exact) mass is 425 g/mol. The number of ether oxygens (including phenoxy) is 3. The van der Waals surface area contributed by atoms with Crippen LogP contribution < -0.4 is 15.0 Å². The van der Waals surface area contributed by atoms with Gasteiger partial charge in [0.2, 0.25) is 5.16 Å². The number of rotatable bonds is 6. The maximum atomic E-state index is 12.7. The first-order valence-corrected chi connectivity index (χ1v) is 10.5. The van der Waals surface area contributed by atoms with E-state index in [4.69, 9.17) is 14.2 Å². The Kier molecular flexibility index (Phi) is 5.01. The number of hydrogen-bond acceptors (Lipinski definition) is 8. The van der Waals surface area contributed by atoms with E-state index < -0.39 is 0 Å². The first-order chi connectivity index (χ1) is 14.7. The van der Waals surface area contributed by atoms with Crippen LogP contribution in [0.1, 0.15) is 5.56 Å². The number of pyridine rings is 1. The number of nitrogens with zero attached hydrogens (tertiary/aromatic N) is 5. The maximum absolute atomic E-state index is 12.7. The molecule has 0 fully saturated rings. The first-order valence-electron chi connectivity index (χ1n) is 9.48. The smallest absolute Gasteiger partial charge is 0.261 e. The second-order valence-electron chi connectivity index (χ2n) is 6.74. The fraction of sp³-hybridized carbons (Fsp3) is 0.300. The summed E-state index contributed by atoms with van der Waals surface area (Å²) in [6, 6.07) is 7.76. The summed E-state index contributed by atoms with van der Waals surface area (Å²) in [6.07, 6.45) is 3.30. The molecule has 30 heavy (non-hydrogen) atoms. The zero-order valence-corrected chi connectivity index (χ0v) is 17.1. The van der Waals surface area contributed by atoms with Crippen LogP contribution in [0, 0.1) is 0 Å². The van der Waals surface area contributed by atoms with Crippen molar-refractivity contribution in [2.75, 3.05) is 26.9 Å². The second kappa shape index (κ2) is 7.96. The van der Waals surface area contributed by atoms with E-state index in [-0.39, 0.29) is 5.56 Å². The molecule has 1 aliphatic rings. The van der Waals surface area contributed by atoms with Gasteiger partial charge >= 0.3 is 0 Å². The van der Waals surface area contributed by atoms with E-state index in [9.17, 15) is 4.79 Å². The van der Waals surface area contributed by atoms with Crippen molar-refractivity contribution < 1.29 is 14.2 Å². The summed E-state index contributed by atoms with van der Waals surface area (Å²) in [6.45, 7) is 2.08. The van der Waals surface area contributed by atoms with Gasteiger partial charge < -0.3 is 18.8 Å². The van der Waals surface area contributed by atoms with Crippen molar-refractivity contribution in [2.45, 2.75) is 17.5 Å². The zero-order valence-electron chi connectivity index (χ0n) is 16.3. The van der Waals surface area contributed by atoms with Crippen LogP contribution in [0.2, 0.25) is 0 Å². The third-order valence-corrected chi connectivity index (χ3v) is 5.71. The summed E-state index contributed by atoms with van der Waals surface area (Å²) in [4.78, 5) is 21.5. The largest absolute Gasteiger partial charge is 0.486 e. The molecule has 0 aliphatic carbocycles. The van der Waals surface area contributed by atoms with Crippen molar-refractivity contribution in [3.05, 3.63) is 52.6 Å². The zero-order chi connectivity index (χ0) is 20.5. The highest BCUT2D eigenvalue weighted by Crippen LogP contribution is 2.32. The van der Waals surface area contributed by atoms with Crippen molar-refractivity contribution in [2.24, 2.45) is 0 Å². The van der Waals surface area contributed by atoms with Crippen LogP contribution in [0.15, 0.2) is 46.6 Å². The van der Waals surface area contributed by atoms with Gasteiger partial charge in [-0.1, -0.05) is 17.8 Å². The highest BCUT2D eigenvalue weighted by Gasteiger charge is 2.14. The molecule has 0 N–H and O–H groups in total. The summed E-state index contributed by atoms with van der Waals surface area (Å²) >= 11 is 1.50. The lowest BCUT2D eigenvalue weighted by atomic mass is 10.2. The second-order valence-corrected chi connectivity index (χ2v) is 7.68. The number of benzene rings is 1. The fourth-order valence-electron chi connectivity index (χ4n) is 3.29. The fourth-order valence-corrected chi connectivity index (χ4v) is 4.05. The molecular formula is C20H19N5O4S. The Balaban J connectivity index is 1.41. The molecule has 0 saturated heterocycles. The Morgan fingerprint density at radius 3 is 2.93 bits per heavy atom. The first kappa shape index (κ1) is 18.9. The van der Waals surface area contributed by atoms with Crippen LogP contribution in [0.5, 0.6) is 11.5 Å². The molecule has 5 rings (SSSR count). The Labute approximate surface area is 175 Å². The van der Waals surface area contributed by atoms with Gasteiger partial charge in [-0.15, -0.1) is 5.10 Å². The average Bonchev–Trinajstić information content (AvgIpc) is 3.20. The molecule has 0 amide bonds. The summed E-state index contributed by atoms with van der Waals surface area (Å²) in [5.41, 5.74) is 1.64. The summed E-state index contributed by atoms with van der Waals surface area (Å²) in [5.74, 6) is 2.67. The number of aromatic nitrogens is 5. The van der Waals surface area contributed by atoms with Gasteiger partial charge in [0, 0.05) is 31.8 Å². The highest BCUT2D eigenvalue weighted by atomic mass is 32.2. The number of hydrogen-bond donors (Lipinski definition) is 0. The Bertz CT molecular complexity index is 1290. The molecular weight excluding hydrogens is 406 g/mol. The van der Waals surface area contributed by atoms with E-state index in [1.165, 1.54) is 11.8 Å². The Hall–Kier alpha value is -3.11. The molecule has 0 atom stereocenters. The van der Waals surface area contributed by atoms with Gasteiger partial charge in [0.15, 0.2) is 11.5 Å². The number of fused-ring (bicyclic) bond motifs is 4. The van der Waals surface area contributed by atoms with Crippen LogP contribution >= 0.6 is 11.8 Å². The SMILES string of the molecule is COCCn1ccc2c(cnc3nc(SCc4ccc5c(c4)OCCO5)nn32)c1=O. The normalized spacial score (nSPS) is 13.2. The minimum absolute atomic E-state index is 0.125. The molecule has 0 bridgehead atoms. The summed E-state index contributed by atoms with van der Waals surface area (Å²) in [7, 11) is 1.61. The minimum atomic E-state index is -0.125. The summed E-state index contributed by atoms with van der Waals surface area (Å²) in [5, 5.41) is 5.64. The molecule has 10 heteroatoms. The van der Waals surface area contributed by atoms with Crippen molar-refractivity contribution in [1.82, 2.24) is 24.1 Å². The molecule has 0 saturated carbocycles. The molecule has 4 aromatic rings. The number of methoxy groups -OCH3 is 1. The van der Waals surface area contributed by atoms with Crippen molar-refractivity contribution in [3.8, 4) is 11.5 Å². The molecule has 0 unspecified atom stereocenters. The minimum Gasteiger partial charge on any atom is -0.486 e. The van der Waals surface area contributed by atoms with Gasteiger partial charge in [0.1, 0.15) is 13.2 Å². The van der Waals surface area contributed by atoms with Crippen LogP contribution in [0.4, 0.5) is 0 Å². The van der Waals surface area contributed by atoms with Gasteiger partial charge in [-0.2, -0.15) is 9.50 Å². The molecule has 4 heterocycles. The van der Waals surface area contributed by atoms with Gasteiger partial charge in [-0.3, -0.25) is 4.79 Å². The van der Waals surface area contributed by atoms with E-state index >= 15 is 0 Å². The lowest BCUT2D eigenvalue weighted by Gasteiger charge is -2.18. The van der Waals surface area contributed by atoms with Crippen molar-refractivity contribution in [1.29, 1.82) is 0 Å². The summed E-state index contributed by atoms with van der Waals surface area (Å²) < 4.78 is 19.5.